The van der Waals surface area contributed by atoms with Gasteiger partial charge >= 0.3 is 0 Å². The Morgan fingerprint density at radius 2 is 0.853 bits per heavy atom. The Morgan fingerprint density at radius 3 is 1.15 bits per heavy atom. The van der Waals surface area contributed by atoms with E-state index in [1.807, 2.05) is 116 Å². The predicted molar refractivity (Wildman–Crippen MR) is 259 cm³/mol. The van der Waals surface area contributed by atoms with Gasteiger partial charge in [0.15, 0.2) is 0 Å². The van der Waals surface area contributed by atoms with Crippen LogP contribution in [0.15, 0.2) is 72.8 Å². The van der Waals surface area contributed by atoms with Crippen LogP contribution in [0.1, 0.15) is 105 Å². The summed E-state index contributed by atoms with van der Waals surface area (Å²) in [7, 11) is 3.27. The maximum atomic E-state index is 14.4. The average molecular weight is 943 g/mol. The molecule has 2 saturated heterocycles. The molecule has 0 aromatic heterocycles. The number of nitrogens with zero attached hydrogens (tertiary/aromatic N) is 2. The van der Waals surface area contributed by atoms with E-state index in [1.54, 1.807) is 27.9 Å². The number of hydrogen-bond acceptors (Lipinski definition) is 10. The van der Waals surface area contributed by atoms with E-state index in [0.29, 0.717) is 0 Å². The fourth-order valence-electron chi connectivity index (χ4n) is 8.21. The second-order valence-corrected chi connectivity index (χ2v) is 20.1. The van der Waals surface area contributed by atoms with Crippen molar-refractivity contribution in [3.8, 4) is 0 Å². The lowest BCUT2D eigenvalue weighted by Gasteiger charge is -2.36. The van der Waals surface area contributed by atoms with Crippen LogP contribution in [0.3, 0.4) is 0 Å². The molecule has 0 saturated carbocycles. The largest absolute Gasteiger partial charge is 0.348 e. The first-order valence-corrected chi connectivity index (χ1v) is 23.4. The first kappa shape index (κ1) is 54.5. The predicted octanol–water partition coefficient (Wildman–Crippen LogP) is 1.75. The molecule has 0 radical (unpaired) electrons. The van der Waals surface area contributed by atoms with Crippen LogP contribution in [0.2, 0.25) is 0 Å². The van der Waals surface area contributed by atoms with Crippen molar-refractivity contribution in [2.24, 2.45) is 10.8 Å². The molecule has 18 heteroatoms. The molecule has 4 rings (SSSR count). The third kappa shape index (κ3) is 14.7. The zero-order valence-corrected chi connectivity index (χ0v) is 41.7. The van der Waals surface area contributed by atoms with Gasteiger partial charge in [0.05, 0.1) is 24.2 Å². The molecule has 8 N–H and O–H groups in total. The maximum absolute atomic E-state index is 14.4. The monoisotopic (exact) mass is 943 g/mol. The molecule has 0 aliphatic carbocycles. The standard InChI is InChI=1S/C50H74N10O8/c1-29(33-19-15-13-16-20-33)53-45(65)37-25-35(27-59(37)47(67)41(49(5,6)7)57-43(63)31(3)51-11)55-39(61)23-24-40(62)56-36-26-38(46(66)54-30(2)34-21-17-14-18-22-34)60(28-36)48(68)42(50(8,9)10)58-44(64)32(4)52-12/h13-24,29-32,35-38,41-42,51-52H,25-28H2,1-12H3,(H,53,65)(H,54,66)(H,55,61)(H,56,62)(H,57,63)(H,58,64)/b24-23+/t29-,30-,31+,32+,35+,36+,37+,38+,41-,42-/m1/s1. The smallest absolute Gasteiger partial charge is 0.246 e. The Morgan fingerprint density at radius 1 is 0.529 bits per heavy atom. The van der Waals surface area contributed by atoms with Gasteiger partial charge < -0.3 is 52.3 Å². The SMILES string of the molecule is CN[C@@H](C)C(=O)N[C@H](C(=O)N1C[C@@H](NC(=O)/C=C/C(=O)N[C@H]2C[C@@H](C(=O)N[C@H](C)c3ccccc3)N(C(=O)[C@@H](NC(=O)[C@H](C)NC)C(C)(C)C)C2)C[C@H]1C(=O)N[C@H](C)c1ccccc1)C(C)(C)C. The van der Waals surface area contributed by atoms with E-state index in [2.05, 4.69) is 42.5 Å². The van der Waals surface area contributed by atoms with E-state index in [-0.39, 0.29) is 25.9 Å². The minimum absolute atomic E-state index is 0.0470. The van der Waals surface area contributed by atoms with Crippen LogP contribution in [0.5, 0.6) is 0 Å². The van der Waals surface area contributed by atoms with Crippen molar-refractivity contribution in [3.63, 3.8) is 0 Å². The van der Waals surface area contributed by atoms with Crippen LogP contribution >= 0.6 is 0 Å². The minimum atomic E-state index is -1.01. The summed E-state index contributed by atoms with van der Waals surface area (Å²) in [5.74, 6) is -3.93. The van der Waals surface area contributed by atoms with Gasteiger partial charge in [0, 0.05) is 37.3 Å². The van der Waals surface area contributed by atoms with Crippen molar-refractivity contribution in [1.82, 2.24) is 52.3 Å². The molecule has 2 aromatic rings. The van der Waals surface area contributed by atoms with Gasteiger partial charge in [-0.2, -0.15) is 0 Å². The van der Waals surface area contributed by atoms with E-state index < -0.39 is 119 Å². The Balaban J connectivity index is 1.51. The quantitative estimate of drug-likeness (QED) is 0.101. The number of carbonyl (C=O) groups is 8. The average Bonchev–Trinajstić information content (AvgIpc) is 3.92. The van der Waals surface area contributed by atoms with E-state index in [9.17, 15) is 38.4 Å². The third-order valence-corrected chi connectivity index (χ3v) is 12.6. The fourth-order valence-corrected chi connectivity index (χ4v) is 8.21. The molecule has 10 atom stereocenters. The van der Waals surface area contributed by atoms with Gasteiger partial charge in [0.25, 0.3) is 0 Å². The molecule has 0 unspecified atom stereocenters. The lowest BCUT2D eigenvalue weighted by atomic mass is 9.85. The minimum Gasteiger partial charge on any atom is -0.348 e. The summed E-state index contributed by atoms with van der Waals surface area (Å²) in [5.41, 5.74) is 0.215. The van der Waals surface area contributed by atoms with Crippen LogP contribution in [-0.4, -0.2) is 133 Å². The summed E-state index contributed by atoms with van der Waals surface area (Å²) < 4.78 is 0. The number of likely N-dealkylation sites (N-methyl/N-ethyl adjacent to an activating group) is 2. The molecule has 2 aliphatic heterocycles. The molecule has 0 bridgehead atoms. The summed E-state index contributed by atoms with van der Waals surface area (Å²) in [6, 6.07) is 11.3. The second-order valence-electron chi connectivity index (χ2n) is 20.1. The molecular weight excluding hydrogens is 869 g/mol. The molecule has 68 heavy (non-hydrogen) atoms. The number of benzene rings is 2. The highest BCUT2D eigenvalue weighted by molar-refractivity contribution is 5.98. The Labute approximate surface area is 401 Å². The normalized spacial score (nSPS) is 21.1. The summed E-state index contributed by atoms with van der Waals surface area (Å²) >= 11 is 0. The summed E-state index contributed by atoms with van der Waals surface area (Å²) in [6.07, 6.45) is 2.21. The third-order valence-electron chi connectivity index (χ3n) is 12.6. The van der Waals surface area contributed by atoms with Crippen molar-refractivity contribution < 1.29 is 38.4 Å². The number of amides is 8. The van der Waals surface area contributed by atoms with E-state index in [1.165, 1.54) is 9.80 Å². The highest BCUT2D eigenvalue weighted by atomic mass is 16.2. The molecule has 0 spiro atoms. The highest BCUT2D eigenvalue weighted by Crippen LogP contribution is 2.29. The van der Waals surface area contributed by atoms with Gasteiger partial charge in [-0.05, 0) is 76.6 Å². The Bertz CT molecular complexity index is 1990. The topological polar surface area (TPSA) is 239 Å². The molecule has 2 aromatic carbocycles. The van der Waals surface area contributed by atoms with E-state index >= 15 is 0 Å². The van der Waals surface area contributed by atoms with Crippen molar-refractivity contribution in [1.29, 1.82) is 0 Å². The number of rotatable bonds is 18. The molecule has 2 fully saturated rings. The van der Waals surface area contributed by atoms with Gasteiger partial charge in [-0.15, -0.1) is 0 Å². The maximum Gasteiger partial charge on any atom is 0.246 e. The molecule has 2 aliphatic rings. The Kier molecular flexibility index (Phi) is 19.0. The van der Waals surface area contributed by atoms with E-state index in [4.69, 9.17) is 0 Å². The van der Waals surface area contributed by atoms with Crippen molar-refractivity contribution in [2.45, 2.75) is 142 Å². The summed E-state index contributed by atoms with van der Waals surface area (Å²) in [6.45, 7) is 17.8. The van der Waals surface area contributed by atoms with Crippen LogP contribution < -0.4 is 42.5 Å². The van der Waals surface area contributed by atoms with Gasteiger partial charge in [-0.25, -0.2) is 0 Å². The van der Waals surface area contributed by atoms with Crippen LogP contribution in [0.25, 0.3) is 0 Å². The van der Waals surface area contributed by atoms with Crippen molar-refractivity contribution in [2.75, 3.05) is 27.2 Å². The summed E-state index contributed by atoms with van der Waals surface area (Å²) in [5, 5.41) is 23.1. The first-order valence-electron chi connectivity index (χ1n) is 23.4. The first-order chi connectivity index (χ1) is 31.9. The van der Waals surface area contributed by atoms with Crippen LogP contribution in [0.4, 0.5) is 0 Å². The molecular formula is C50H74N10O8. The van der Waals surface area contributed by atoms with Gasteiger partial charge in [-0.1, -0.05) is 102 Å². The van der Waals surface area contributed by atoms with E-state index in [0.717, 1.165) is 23.3 Å². The molecule has 18 nitrogen and oxygen atoms in total. The van der Waals surface area contributed by atoms with Gasteiger partial charge in [0.2, 0.25) is 47.3 Å². The lowest BCUT2D eigenvalue weighted by Crippen LogP contribution is -2.59. The number of hydrogen-bond donors (Lipinski definition) is 8. The number of likely N-dealkylation sites (tertiary alicyclic amines) is 2. The molecule has 372 valence electrons. The van der Waals surface area contributed by atoms with Gasteiger partial charge in [-0.3, -0.25) is 38.4 Å². The second kappa shape index (κ2) is 23.7. The van der Waals surface area contributed by atoms with Crippen LogP contribution in [0, 0.1) is 10.8 Å². The van der Waals surface area contributed by atoms with Gasteiger partial charge in [0.1, 0.15) is 24.2 Å². The van der Waals surface area contributed by atoms with Crippen molar-refractivity contribution in [3.05, 3.63) is 83.9 Å². The molecule has 8 amide bonds. The zero-order chi connectivity index (χ0) is 50.7. The number of carbonyl (C=O) groups excluding carboxylic acids is 8. The summed E-state index contributed by atoms with van der Waals surface area (Å²) in [4.78, 5) is 113. The fraction of sp³-hybridized carbons (Fsp3) is 0.560. The zero-order valence-electron chi connectivity index (χ0n) is 41.7. The van der Waals surface area contributed by atoms with Crippen molar-refractivity contribution >= 4 is 47.3 Å². The number of nitrogens with one attached hydrogen (secondary N) is 8. The van der Waals surface area contributed by atoms with Crippen LogP contribution in [-0.2, 0) is 38.4 Å². The Hall–Kier alpha value is -6.14. The molecule has 2 heterocycles. The highest BCUT2D eigenvalue weighted by Gasteiger charge is 2.47. The lowest BCUT2D eigenvalue weighted by molar-refractivity contribution is -0.144.